The molecule has 88 valence electrons. The van der Waals surface area contributed by atoms with E-state index in [0.29, 0.717) is 13.1 Å². The Morgan fingerprint density at radius 3 is 2.82 bits per heavy atom. The van der Waals surface area contributed by atoms with Crippen LogP contribution in [0, 0.1) is 6.92 Å². The van der Waals surface area contributed by atoms with Crippen LogP contribution in [0.4, 0.5) is 0 Å². The molecule has 17 heavy (non-hydrogen) atoms. The molecule has 2 rings (SSSR count). The second-order valence-corrected chi connectivity index (χ2v) is 3.78. The molecule has 5 nitrogen and oxygen atoms in total. The summed E-state index contributed by atoms with van der Waals surface area (Å²) in [5, 5.41) is 2.81. The van der Waals surface area contributed by atoms with Gasteiger partial charge in [0.15, 0.2) is 0 Å². The van der Waals surface area contributed by atoms with E-state index >= 15 is 0 Å². The van der Waals surface area contributed by atoms with Gasteiger partial charge < -0.3 is 9.88 Å². The van der Waals surface area contributed by atoms with Crippen molar-refractivity contribution in [2.75, 3.05) is 0 Å². The summed E-state index contributed by atoms with van der Waals surface area (Å²) in [5.74, 6) is -0.0301. The zero-order valence-corrected chi connectivity index (χ0v) is 9.63. The molecule has 0 bridgehead atoms. The number of rotatable bonds is 4. The van der Waals surface area contributed by atoms with Gasteiger partial charge in [-0.3, -0.25) is 4.79 Å². The number of aryl methyl sites for hydroxylation is 1. The van der Waals surface area contributed by atoms with Gasteiger partial charge in [0, 0.05) is 18.1 Å². The highest BCUT2D eigenvalue weighted by Gasteiger charge is 2.02. The fourth-order valence-electron chi connectivity index (χ4n) is 1.49. The third-order valence-corrected chi connectivity index (χ3v) is 2.32. The van der Waals surface area contributed by atoms with Crippen LogP contribution in [0.1, 0.15) is 11.4 Å². The lowest BCUT2D eigenvalue weighted by molar-refractivity contribution is -0.121. The van der Waals surface area contributed by atoms with Crippen LogP contribution in [-0.4, -0.2) is 20.4 Å². The second kappa shape index (κ2) is 5.25. The SMILES string of the molecule is Cc1cc(CNC(=O)Cn2cccc2)ncn1. The number of carbonyl (C=O) groups excluding carboxylic acids is 1. The summed E-state index contributed by atoms with van der Waals surface area (Å²) in [6.07, 6.45) is 5.21. The molecule has 5 heteroatoms. The van der Waals surface area contributed by atoms with Crippen LogP contribution < -0.4 is 5.32 Å². The Labute approximate surface area is 99.5 Å². The van der Waals surface area contributed by atoms with Gasteiger partial charge in [-0.2, -0.15) is 0 Å². The van der Waals surface area contributed by atoms with E-state index in [-0.39, 0.29) is 5.91 Å². The number of nitrogens with zero attached hydrogens (tertiary/aromatic N) is 3. The van der Waals surface area contributed by atoms with Crippen molar-refractivity contribution in [1.29, 1.82) is 0 Å². The van der Waals surface area contributed by atoms with E-state index in [2.05, 4.69) is 15.3 Å². The first kappa shape index (κ1) is 11.3. The zero-order valence-electron chi connectivity index (χ0n) is 9.63. The average molecular weight is 230 g/mol. The van der Waals surface area contributed by atoms with Gasteiger partial charge in [-0.1, -0.05) is 0 Å². The van der Waals surface area contributed by atoms with Crippen molar-refractivity contribution in [2.24, 2.45) is 0 Å². The van der Waals surface area contributed by atoms with Gasteiger partial charge in [0.2, 0.25) is 5.91 Å². The molecular formula is C12H14N4O. The summed E-state index contributed by atoms with van der Waals surface area (Å²) in [4.78, 5) is 19.7. The molecule has 0 radical (unpaired) electrons. The van der Waals surface area contributed by atoms with Gasteiger partial charge in [0.1, 0.15) is 12.9 Å². The van der Waals surface area contributed by atoms with Crippen molar-refractivity contribution < 1.29 is 4.79 Å². The second-order valence-electron chi connectivity index (χ2n) is 3.78. The zero-order chi connectivity index (χ0) is 12.1. The van der Waals surface area contributed by atoms with E-state index in [1.54, 1.807) is 0 Å². The van der Waals surface area contributed by atoms with Gasteiger partial charge in [-0.15, -0.1) is 0 Å². The Morgan fingerprint density at radius 1 is 1.35 bits per heavy atom. The Morgan fingerprint density at radius 2 is 2.12 bits per heavy atom. The molecule has 0 aromatic carbocycles. The van der Waals surface area contributed by atoms with E-state index < -0.39 is 0 Å². The molecule has 2 aromatic heterocycles. The lowest BCUT2D eigenvalue weighted by atomic mass is 10.3. The minimum atomic E-state index is -0.0301. The van der Waals surface area contributed by atoms with Gasteiger partial charge in [0.05, 0.1) is 12.2 Å². The van der Waals surface area contributed by atoms with E-state index in [9.17, 15) is 4.79 Å². The molecule has 1 amide bonds. The molecule has 0 spiro atoms. The van der Waals surface area contributed by atoms with Crippen LogP contribution in [0.2, 0.25) is 0 Å². The van der Waals surface area contributed by atoms with E-state index in [4.69, 9.17) is 0 Å². The number of hydrogen-bond acceptors (Lipinski definition) is 3. The Kier molecular flexibility index (Phi) is 3.49. The summed E-state index contributed by atoms with van der Waals surface area (Å²) in [7, 11) is 0. The predicted octanol–water partition coefficient (Wildman–Crippen LogP) is 0.903. The van der Waals surface area contributed by atoms with Crippen LogP contribution in [0.3, 0.4) is 0 Å². The molecule has 0 unspecified atom stereocenters. The van der Waals surface area contributed by atoms with Crippen molar-refractivity contribution in [3.05, 3.63) is 48.3 Å². The lowest BCUT2D eigenvalue weighted by Gasteiger charge is -2.05. The first-order chi connectivity index (χ1) is 8.24. The lowest BCUT2D eigenvalue weighted by Crippen LogP contribution is -2.27. The number of carbonyl (C=O) groups is 1. The van der Waals surface area contributed by atoms with Crippen molar-refractivity contribution in [2.45, 2.75) is 20.0 Å². The summed E-state index contributed by atoms with van der Waals surface area (Å²) in [6.45, 7) is 2.66. The van der Waals surface area contributed by atoms with Crippen LogP contribution in [0.25, 0.3) is 0 Å². The van der Waals surface area contributed by atoms with Gasteiger partial charge in [-0.05, 0) is 25.1 Å². The molecule has 2 aromatic rings. The van der Waals surface area contributed by atoms with E-state index in [1.807, 2.05) is 42.1 Å². The highest BCUT2D eigenvalue weighted by molar-refractivity contribution is 5.75. The monoisotopic (exact) mass is 230 g/mol. The molecule has 0 atom stereocenters. The maximum Gasteiger partial charge on any atom is 0.240 e. The maximum atomic E-state index is 11.6. The number of aromatic nitrogens is 3. The van der Waals surface area contributed by atoms with Crippen molar-refractivity contribution in [3.63, 3.8) is 0 Å². The summed E-state index contributed by atoms with van der Waals surface area (Å²) < 4.78 is 1.82. The number of nitrogens with one attached hydrogen (secondary N) is 1. The third kappa shape index (κ3) is 3.41. The Hall–Kier alpha value is -2.17. The first-order valence-electron chi connectivity index (χ1n) is 5.39. The fourth-order valence-corrected chi connectivity index (χ4v) is 1.49. The van der Waals surface area contributed by atoms with Crippen LogP contribution >= 0.6 is 0 Å². The highest BCUT2D eigenvalue weighted by Crippen LogP contribution is 1.96. The van der Waals surface area contributed by atoms with Gasteiger partial charge in [0.25, 0.3) is 0 Å². The maximum absolute atomic E-state index is 11.6. The average Bonchev–Trinajstić information content (AvgIpc) is 2.79. The van der Waals surface area contributed by atoms with Crippen molar-refractivity contribution in [3.8, 4) is 0 Å². The Bertz CT molecular complexity index is 493. The normalized spacial score (nSPS) is 10.2. The van der Waals surface area contributed by atoms with Crippen molar-refractivity contribution in [1.82, 2.24) is 19.9 Å². The smallest absolute Gasteiger partial charge is 0.240 e. The molecular weight excluding hydrogens is 216 g/mol. The summed E-state index contributed by atoms with van der Waals surface area (Å²) >= 11 is 0. The van der Waals surface area contributed by atoms with E-state index in [0.717, 1.165) is 11.4 Å². The standard InChI is InChI=1S/C12H14N4O/c1-10-6-11(15-9-14-10)7-13-12(17)8-16-4-2-3-5-16/h2-6,9H,7-8H2,1H3,(H,13,17). The molecule has 2 heterocycles. The summed E-state index contributed by atoms with van der Waals surface area (Å²) in [6, 6.07) is 5.64. The molecule has 0 saturated carbocycles. The predicted molar refractivity (Wildman–Crippen MR) is 63.0 cm³/mol. The Balaban J connectivity index is 1.84. The number of amides is 1. The molecule has 0 saturated heterocycles. The molecule has 0 aliphatic rings. The quantitative estimate of drug-likeness (QED) is 0.849. The van der Waals surface area contributed by atoms with Crippen LogP contribution in [-0.2, 0) is 17.9 Å². The number of hydrogen-bond donors (Lipinski definition) is 1. The minimum Gasteiger partial charge on any atom is -0.349 e. The largest absolute Gasteiger partial charge is 0.349 e. The van der Waals surface area contributed by atoms with Gasteiger partial charge in [-0.25, -0.2) is 9.97 Å². The van der Waals surface area contributed by atoms with Gasteiger partial charge >= 0.3 is 0 Å². The topological polar surface area (TPSA) is 59.8 Å². The highest BCUT2D eigenvalue weighted by atomic mass is 16.1. The van der Waals surface area contributed by atoms with Crippen LogP contribution in [0.5, 0.6) is 0 Å². The van der Waals surface area contributed by atoms with Crippen LogP contribution in [0.15, 0.2) is 36.9 Å². The fraction of sp³-hybridized carbons (Fsp3) is 0.250. The summed E-state index contributed by atoms with van der Waals surface area (Å²) in [5.41, 5.74) is 1.72. The molecule has 0 fully saturated rings. The van der Waals surface area contributed by atoms with Crippen molar-refractivity contribution >= 4 is 5.91 Å². The molecule has 0 aliphatic heterocycles. The molecule has 0 aliphatic carbocycles. The van der Waals surface area contributed by atoms with E-state index in [1.165, 1.54) is 6.33 Å². The molecule has 1 N–H and O–H groups in total. The minimum absolute atomic E-state index is 0.0301. The third-order valence-electron chi connectivity index (χ3n) is 2.32. The first-order valence-corrected chi connectivity index (χ1v) is 5.39.